The lowest BCUT2D eigenvalue weighted by molar-refractivity contribution is 0.305. The Bertz CT molecular complexity index is 288. The summed E-state index contributed by atoms with van der Waals surface area (Å²) in [5.74, 6) is 0.641. The third-order valence-electron chi connectivity index (χ3n) is 1.97. The Morgan fingerprint density at radius 1 is 1.36 bits per heavy atom. The van der Waals surface area contributed by atoms with Crippen LogP contribution in [0.1, 0.15) is 39.1 Å². The second-order valence-electron chi connectivity index (χ2n) is 5.11. The zero-order valence-corrected chi connectivity index (χ0v) is 10.2. The van der Waals surface area contributed by atoms with Crippen molar-refractivity contribution in [3.8, 4) is 0 Å². The molecule has 14 heavy (non-hydrogen) atoms. The number of rotatable bonds is 3. The molecule has 1 aromatic heterocycles. The van der Waals surface area contributed by atoms with E-state index in [-0.39, 0.29) is 0 Å². The fourth-order valence-electron chi connectivity index (χ4n) is 1.76. The van der Waals surface area contributed by atoms with Crippen molar-refractivity contribution < 1.29 is 0 Å². The lowest BCUT2D eigenvalue weighted by Gasteiger charge is -2.22. The quantitative estimate of drug-likeness (QED) is 0.840. The number of aromatic nitrogens is 2. The average Bonchev–Trinajstić information content (AvgIpc) is 2.30. The van der Waals surface area contributed by atoms with E-state index in [0.717, 1.165) is 11.4 Å². The molecular formula is C10H19N3S. The van der Waals surface area contributed by atoms with Gasteiger partial charge in [0.1, 0.15) is 5.01 Å². The minimum atomic E-state index is 0.385. The number of nitrogens with zero attached hydrogens (tertiary/aromatic N) is 2. The Hall–Kier alpha value is -0.640. The van der Waals surface area contributed by atoms with Crippen molar-refractivity contribution in [1.29, 1.82) is 0 Å². The predicted octanol–water partition coefficient (Wildman–Crippen LogP) is 2.74. The van der Waals surface area contributed by atoms with Gasteiger partial charge >= 0.3 is 0 Å². The normalized spacial score (nSPS) is 14.3. The molecule has 0 radical (unpaired) electrons. The summed E-state index contributed by atoms with van der Waals surface area (Å²) in [6.07, 6.45) is 2.19. The summed E-state index contributed by atoms with van der Waals surface area (Å²) in [4.78, 5) is 0. The molecule has 0 spiro atoms. The van der Waals surface area contributed by atoms with Crippen LogP contribution < -0.4 is 5.73 Å². The molecule has 0 saturated carbocycles. The Kier molecular flexibility index (Phi) is 3.48. The van der Waals surface area contributed by atoms with Crippen LogP contribution >= 0.6 is 11.3 Å². The lowest BCUT2D eigenvalue weighted by atomic mass is 9.84. The van der Waals surface area contributed by atoms with Gasteiger partial charge in [-0.3, -0.25) is 0 Å². The maximum atomic E-state index is 5.53. The summed E-state index contributed by atoms with van der Waals surface area (Å²) < 4.78 is 0. The van der Waals surface area contributed by atoms with Crippen molar-refractivity contribution in [2.24, 2.45) is 11.3 Å². The first-order valence-corrected chi connectivity index (χ1v) is 5.76. The molecule has 0 aliphatic rings. The molecule has 0 amide bonds. The summed E-state index contributed by atoms with van der Waals surface area (Å²) in [6.45, 7) is 9.04. The zero-order chi connectivity index (χ0) is 10.8. The number of anilines is 1. The predicted molar refractivity (Wildman–Crippen MR) is 61.3 cm³/mol. The minimum Gasteiger partial charge on any atom is -0.374 e. The van der Waals surface area contributed by atoms with Gasteiger partial charge in [-0.05, 0) is 17.8 Å². The molecule has 1 rings (SSSR count). The monoisotopic (exact) mass is 213 g/mol. The van der Waals surface area contributed by atoms with Gasteiger partial charge in [0.05, 0.1) is 0 Å². The topological polar surface area (TPSA) is 51.8 Å². The van der Waals surface area contributed by atoms with Gasteiger partial charge in [-0.15, -0.1) is 10.2 Å². The van der Waals surface area contributed by atoms with Crippen molar-refractivity contribution in [1.82, 2.24) is 10.2 Å². The first-order chi connectivity index (χ1) is 6.37. The number of nitrogens with two attached hydrogens (primary N) is 1. The smallest absolute Gasteiger partial charge is 0.203 e. The molecule has 3 nitrogen and oxygen atoms in total. The van der Waals surface area contributed by atoms with Crippen molar-refractivity contribution in [3.05, 3.63) is 5.01 Å². The van der Waals surface area contributed by atoms with Gasteiger partial charge < -0.3 is 5.73 Å². The molecule has 0 saturated heterocycles. The van der Waals surface area contributed by atoms with Crippen LogP contribution in [0.3, 0.4) is 0 Å². The van der Waals surface area contributed by atoms with Crippen LogP contribution in [0.2, 0.25) is 0 Å². The highest BCUT2D eigenvalue weighted by Gasteiger charge is 2.16. The molecule has 4 heteroatoms. The van der Waals surface area contributed by atoms with E-state index in [4.69, 9.17) is 5.73 Å². The molecule has 0 bridgehead atoms. The minimum absolute atomic E-state index is 0.385. The highest BCUT2D eigenvalue weighted by Crippen LogP contribution is 2.27. The Morgan fingerprint density at radius 2 is 2.00 bits per heavy atom. The van der Waals surface area contributed by atoms with Gasteiger partial charge in [-0.2, -0.15) is 0 Å². The summed E-state index contributed by atoms with van der Waals surface area (Å²) >= 11 is 1.50. The molecule has 80 valence electrons. The van der Waals surface area contributed by atoms with Gasteiger partial charge in [0.25, 0.3) is 0 Å². The molecule has 0 aliphatic carbocycles. The van der Waals surface area contributed by atoms with Gasteiger partial charge in [0, 0.05) is 6.42 Å². The fraction of sp³-hybridized carbons (Fsp3) is 0.800. The van der Waals surface area contributed by atoms with Crippen LogP contribution in [0.25, 0.3) is 0 Å². The van der Waals surface area contributed by atoms with Crippen LogP contribution in [0.4, 0.5) is 5.13 Å². The maximum absolute atomic E-state index is 5.53. The molecule has 2 N–H and O–H groups in total. The molecule has 1 aromatic rings. The van der Waals surface area contributed by atoms with Crippen molar-refractivity contribution >= 4 is 16.5 Å². The molecule has 0 fully saturated rings. The van der Waals surface area contributed by atoms with Gasteiger partial charge in [-0.25, -0.2) is 0 Å². The van der Waals surface area contributed by atoms with E-state index < -0.39 is 0 Å². The van der Waals surface area contributed by atoms with Crippen LogP contribution in [0, 0.1) is 11.3 Å². The summed E-state index contributed by atoms with van der Waals surface area (Å²) in [5.41, 5.74) is 5.91. The second kappa shape index (κ2) is 4.26. The SMILES string of the molecule is C[C@@H](Cc1nnc(N)s1)CC(C)(C)C. The lowest BCUT2D eigenvalue weighted by Crippen LogP contribution is -2.12. The zero-order valence-electron chi connectivity index (χ0n) is 9.37. The Balaban J connectivity index is 2.45. The third-order valence-corrected chi connectivity index (χ3v) is 2.74. The van der Waals surface area contributed by atoms with E-state index >= 15 is 0 Å². The van der Waals surface area contributed by atoms with E-state index in [9.17, 15) is 0 Å². The van der Waals surface area contributed by atoms with Gasteiger partial charge in [0.2, 0.25) is 5.13 Å². The third kappa shape index (κ3) is 4.05. The first-order valence-electron chi connectivity index (χ1n) is 4.95. The van der Waals surface area contributed by atoms with Gasteiger partial charge in [-0.1, -0.05) is 39.0 Å². The van der Waals surface area contributed by atoms with E-state index in [0.29, 0.717) is 16.5 Å². The van der Waals surface area contributed by atoms with E-state index in [1.807, 2.05) is 0 Å². The van der Waals surface area contributed by atoms with Crippen molar-refractivity contribution in [2.45, 2.75) is 40.5 Å². The summed E-state index contributed by atoms with van der Waals surface area (Å²) in [7, 11) is 0. The highest BCUT2D eigenvalue weighted by molar-refractivity contribution is 7.15. The van der Waals surface area contributed by atoms with Gasteiger partial charge in [0.15, 0.2) is 0 Å². The molecule has 1 heterocycles. The van der Waals surface area contributed by atoms with Crippen LogP contribution in [-0.4, -0.2) is 10.2 Å². The number of hydrogen-bond donors (Lipinski definition) is 1. The molecular weight excluding hydrogens is 194 g/mol. The van der Waals surface area contributed by atoms with Crippen LogP contribution in [0.5, 0.6) is 0 Å². The van der Waals surface area contributed by atoms with E-state index in [2.05, 4.69) is 37.9 Å². The highest BCUT2D eigenvalue weighted by atomic mass is 32.1. The van der Waals surface area contributed by atoms with Crippen LogP contribution in [0.15, 0.2) is 0 Å². The Morgan fingerprint density at radius 3 is 2.43 bits per heavy atom. The average molecular weight is 213 g/mol. The van der Waals surface area contributed by atoms with Crippen LogP contribution in [-0.2, 0) is 6.42 Å². The summed E-state index contributed by atoms with van der Waals surface area (Å²) in [6, 6.07) is 0. The number of hydrogen-bond acceptors (Lipinski definition) is 4. The molecule has 0 aliphatic heterocycles. The first kappa shape index (κ1) is 11.4. The molecule has 1 atom stereocenters. The Labute approximate surface area is 89.7 Å². The number of nitrogen functional groups attached to an aromatic ring is 1. The standard InChI is InChI=1S/C10H19N3S/c1-7(6-10(2,3)4)5-8-12-13-9(11)14-8/h7H,5-6H2,1-4H3,(H2,11,13)/t7-/m0/s1. The molecule has 0 unspecified atom stereocenters. The second-order valence-corrected chi connectivity index (χ2v) is 6.20. The molecule has 0 aromatic carbocycles. The van der Waals surface area contributed by atoms with Crippen molar-refractivity contribution in [2.75, 3.05) is 5.73 Å². The van der Waals surface area contributed by atoms with E-state index in [1.165, 1.54) is 17.8 Å². The largest absolute Gasteiger partial charge is 0.374 e. The van der Waals surface area contributed by atoms with E-state index in [1.54, 1.807) is 0 Å². The van der Waals surface area contributed by atoms with Crippen molar-refractivity contribution in [3.63, 3.8) is 0 Å². The maximum Gasteiger partial charge on any atom is 0.203 e. The summed E-state index contributed by atoms with van der Waals surface area (Å²) in [5, 5.41) is 9.47. The fourth-order valence-corrected chi connectivity index (χ4v) is 2.54.